The molecule has 2 bridgehead atoms. The lowest BCUT2D eigenvalue weighted by molar-refractivity contribution is -0.345. The number of hydrogen-bond donors (Lipinski definition) is 0. The summed E-state index contributed by atoms with van der Waals surface area (Å²) in [6.07, 6.45) is 2.85. The molecule has 0 amide bonds. The third-order valence-electron chi connectivity index (χ3n) is 3.68. The van der Waals surface area contributed by atoms with Crippen LogP contribution in [-0.2, 0) is 20.3 Å². The average Bonchev–Trinajstić information content (AvgIpc) is 2.53. The second-order valence-corrected chi connectivity index (χ2v) is 4.82. The first-order valence-corrected chi connectivity index (χ1v) is 5.98. The van der Waals surface area contributed by atoms with E-state index >= 15 is 0 Å². The number of fused-ring (bicyclic) bond motifs is 2. The van der Waals surface area contributed by atoms with Crippen molar-refractivity contribution in [1.29, 1.82) is 0 Å². The van der Waals surface area contributed by atoms with Gasteiger partial charge >= 0.3 is 0 Å². The van der Waals surface area contributed by atoms with Gasteiger partial charge in [0.2, 0.25) is 5.72 Å². The highest BCUT2D eigenvalue weighted by atomic mass is 17.3. The topological polar surface area (TPSA) is 30.9 Å². The van der Waals surface area contributed by atoms with Crippen LogP contribution in [0.5, 0.6) is 0 Å². The summed E-state index contributed by atoms with van der Waals surface area (Å²) in [6.45, 7) is 2.00. The Kier molecular flexibility index (Phi) is 2.48. The van der Waals surface area contributed by atoms with Gasteiger partial charge in [-0.1, -0.05) is 30.3 Å². The van der Waals surface area contributed by atoms with Crippen molar-refractivity contribution >= 4 is 0 Å². The van der Waals surface area contributed by atoms with E-state index in [1.165, 1.54) is 0 Å². The number of hydrogen-bond acceptors (Lipinski definition) is 4. The molecule has 0 unspecified atom stereocenters. The molecule has 1 aromatic carbocycles. The second-order valence-electron chi connectivity index (χ2n) is 4.82. The molecular formula is C13H17NO3. The summed E-state index contributed by atoms with van der Waals surface area (Å²) in [7, 11) is 1.67. The zero-order chi connectivity index (χ0) is 11.9. The molecule has 4 heteroatoms. The van der Waals surface area contributed by atoms with Crippen molar-refractivity contribution in [3.8, 4) is 0 Å². The van der Waals surface area contributed by atoms with Crippen LogP contribution in [0.25, 0.3) is 0 Å². The van der Waals surface area contributed by atoms with Crippen molar-refractivity contribution in [3.63, 3.8) is 0 Å². The fraction of sp³-hybridized carbons (Fsp3) is 0.538. The van der Waals surface area contributed by atoms with Crippen molar-refractivity contribution in [2.45, 2.75) is 37.6 Å². The molecule has 0 N–H and O–H groups in total. The van der Waals surface area contributed by atoms with Crippen LogP contribution in [0, 0.1) is 0 Å². The summed E-state index contributed by atoms with van der Waals surface area (Å²) >= 11 is 0. The lowest BCUT2D eigenvalue weighted by Gasteiger charge is -2.42. The van der Waals surface area contributed by atoms with Crippen molar-refractivity contribution in [2.75, 3.05) is 7.11 Å². The molecule has 3 rings (SSSR count). The lowest BCUT2D eigenvalue weighted by atomic mass is 9.89. The molecule has 2 saturated heterocycles. The number of rotatable bonds is 2. The fourth-order valence-electron chi connectivity index (χ4n) is 2.90. The third-order valence-corrected chi connectivity index (χ3v) is 3.68. The molecule has 4 nitrogen and oxygen atoms in total. The Morgan fingerprint density at radius 1 is 1.18 bits per heavy atom. The van der Waals surface area contributed by atoms with E-state index in [9.17, 15) is 0 Å². The smallest absolute Gasteiger partial charge is 0.206 e. The van der Waals surface area contributed by atoms with Crippen LogP contribution in [0.4, 0.5) is 0 Å². The molecule has 2 heterocycles. The van der Waals surface area contributed by atoms with Crippen molar-refractivity contribution in [2.24, 2.45) is 0 Å². The van der Waals surface area contributed by atoms with Crippen molar-refractivity contribution in [3.05, 3.63) is 35.9 Å². The average molecular weight is 235 g/mol. The van der Waals surface area contributed by atoms with Crippen molar-refractivity contribution in [1.82, 2.24) is 5.06 Å². The maximum atomic E-state index is 5.66. The summed E-state index contributed by atoms with van der Waals surface area (Å²) in [5.74, 6) is 0. The lowest BCUT2D eigenvalue weighted by Crippen LogP contribution is -2.54. The van der Waals surface area contributed by atoms with E-state index in [-0.39, 0.29) is 0 Å². The van der Waals surface area contributed by atoms with Crippen LogP contribution in [-0.4, -0.2) is 17.9 Å². The third kappa shape index (κ3) is 1.45. The largest absolute Gasteiger partial charge is 0.296 e. The van der Waals surface area contributed by atoms with Gasteiger partial charge in [-0.15, -0.1) is 5.06 Å². The molecule has 1 aromatic rings. The molecule has 0 aliphatic carbocycles. The van der Waals surface area contributed by atoms with E-state index in [1.54, 1.807) is 7.11 Å². The van der Waals surface area contributed by atoms with Gasteiger partial charge in [0.25, 0.3) is 0 Å². The molecule has 0 radical (unpaired) electrons. The van der Waals surface area contributed by atoms with Crippen LogP contribution in [0.2, 0.25) is 0 Å². The molecular weight excluding hydrogens is 218 g/mol. The van der Waals surface area contributed by atoms with Gasteiger partial charge in [-0.2, -0.15) is 0 Å². The van der Waals surface area contributed by atoms with Gasteiger partial charge in [-0.05, 0) is 26.2 Å². The van der Waals surface area contributed by atoms with Gasteiger partial charge in [0.05, 0.1) is 7.11 Å². The molecule has 2 aliphatic rings. The standard InChI is InChI=1S/C13H17NO3/c1-12-9-6-10-13(17-16-12,14(12)15-2)11-7-4-3-5-8-11/h3-5,7-8H,6,9-10H2,1-2H3/t12-,13-/m0/s1. The first-order chi connectivity index (χ1) is 8.21. The zero-order valence-corrected chi connectivity index (χ0v) is 10.2. The normalized spacial score (nSPS) is 37.3. The highest BCUT2D eigenvalue weighted by Gasteiger charge is 2.60. The first kappa shape index (κ1) is 11.2. The van der Waals surface area contributed by atoms with Gasteiger partial charge in [-0.25, -0.2) is 9.78 Å². The van der Waals surface area contributed by atoms with Gasteiger partial charge in [0.1, 0.15) is 0 Å². The summed E-state index contributed by atoms with van der Waals surface area (Å²) in [4.78, 5) is 16.7. The van der Waals surface area contributed by atoms with E-state index in [0.717, 1.165) is 24.8 Å². The van der Waals surface area contributed by atoms with Gasteiger partial charge in [-0.3, -0.25) is 4.84 Å². The maximum Gasteiger partial charge on any atom is 0.206 e. The Hall–Kier alpha value is -0.940. The molecule has 2 atom stereocenters. The molecule has 0 aromatic heterocycles. The quantitative estimate of drug-likeness (QED) is 0.737. The number of piperidine rings is 1. The minimum Gasteiger partial charge on any atom is -0.296 e. The first-order valence-electron chi connectivity index (χ1n) is 5.98. The molecule has 17 heavy (non-hydrogen) atoms. The summed E-state index contributed by atoms with van der Waals surface area (Å²) in [6, 6.07) is 10.1. The number of hydroxylamine groups is 2. The minimum absolute atomic E-state index is 0.483. The van der Waals surface area contributed by atoms with Crippen LogP contribution < -0.4 is 0 Å². The van der Waals surface area contributed by atoms with Crippen molar-refractivity contribution < 1.29 is 14.6 Å². The van der Waals surface area contributed by atoms with E-state index in [2.05, 4.69) is 0 Å². The molecule has 2 fully saturated rings. The monoisotopic (exact) mass is 235 g/mol. The predicted molar refractivity (Wildman–Crippen MR) is 61.4 cm³/mol. The van der Waals surface area contributed by atoms with Gasteiger partial charge in [0.15, 0.2) is 5.72 Å². The highest BCUT2D eigenvalue weighted by Crippen LogP contribution is 2.52. The predicted octanol–water partition coefficient (Wildman–Crippen LogP) is 2.56. The Labute approximate surface area is 101 Å². The van der Waals surface area contributed by atoms with Crippen LogP contribution in [0.1, 0.15) is 31.7 Å². The number of benzene rings is 1. The van der Waals surface area contributed by atoms with Crippen LogP contribution in [0.3, 0.4) is 0 Å². The summed E-state index contributed by atoms with van der Waals surface area (Å²) < 4.78 is 0. The van der Waals surface area contributed by atoms with Crippen LogP contribution >= 0.6 is 0 Å². The Balaban J connectivity index is 2.07. The van der Waals surface area contributed by atoms with E-state index < -0.39 is 11.4 Å². The van der Waals surface area contributed by atoms with Gasteiger partial charge < -0.3 is 0 Å². The number of nitrogens with zero attached hydrogens (tertiary/aromatic N) is 1. The van der Waals surface area contributed by atoms with Crippen LogP contribution in [0.15, 0.2) is 30.3 Å². The molecule has 0 saturated carbocycles. The Bertz CT molecular complexity index is 410. The fourth-order valence-corrected chi connectivity index (χ4v) is 2.90. The van der Waals surface area contributed by atoms with E-state index in [1.807, 2.05) is 42.3 Å². The maximum absolute atomic E-state index is 5.66. The summed E-state index contributed by atoms with van der Waals surface area (Å²) in [5, 5.41) is 1.85. The Morgan fingerprint density at radius 2 is 1.94 bits per heavy atom. The minimum atomic E-state index is -0.594. The molecule has 2 aliphatic heterocycles. The molecule has 0 spiro atoms. The highest BCUT2D eigenvalue weighted by molar-refractivity contribution is 5.23. The van der Waals surface area contributed by atoms with Gasteiger partial charge in [0, 0.05) is 5.56 Å². The second kappa shape index (κ2) is 3.78. The summed E-state index contributed by atoms with van der Waals surface area (Å²) in [5.41, 5.74) is -0.00320. The Morgan fingerprint density at radius 3 is 2.65 bits per heavy atom. The molecule has 92 valence electrons. The van der Waals surface area contributed by atoms with E-state index in [0.29, 0.717) is 0 Å². The van der Waals surface area contributed by atoms with E-state index in [4.69, 9.17) is 14.6 Å². The SMILES string of the molecule is CON1[C@@]2(c3ccccc3)CCC[C@]1(C)OO2. The zero-order valence-electron chi connectivity index (χ0n) is 10.2.